The Morgan fingerprint density at radius 2 is 1.12 bits per heavy atom. The van der Waals surface area contributed by atoms with Crippen LogP contribution in [0.5, 0.6) is 11.5 Å². The molecular weight excluding hydrogens is 308 g/mol. The number of rotatable bonds is 7. The molecule has 25 heavy (non-hydrogen) atoms. The Kier molecular flexibility index (Phi) is 5.73. The van der Waals surface area contributed by atoms with Crippen LogP contribution >= 0.6 is 0 Å². The van der Waals surface area contributed by atoms with Gasteiger partial charge in [0.1, 0.15) is 11.5 Å². The Morgan fingerprint density at radius 3 is 1.56 bits per heavy atom. The predicted octanol–water partition coefficient (Wildman–Crippen LogP) is 5.47. The molecule has 0 aliphatic carbocycles. The lowest BCUT2D eigenvalue weighted by Gasteiger charge is -2.19. The number of aryl methyl sites for hydroxylation is 1. The number of hydrogen-bond acceptors (Lipinski definition) is 2. The molecule has 128 valence electrons. The van der Waals surface area contributed by atoms with Gasteiger partial charge in [0, 0.05) is 5.92 Å². The summed E-state index contributed by atoms with van der Waals surface area (Å²) in [5, 5.41) is 0. The molecule has 2 nitrogen and oxygen atoms in total. The largest absolute Gasteiger partial charge is 0.497 e. The molecule has 3 rings (SSSR count). The molecule has 0 bridgehead atoms. The smallest absolute Gasteiger partial charge is 0.118 e. The van der Waals surface area contributed by atoms with Crippen LogP contribution in [0.25, 0.3) is 0 Å². The van der Waals surface area contributed by atoms with Gasteiger partial charge in [-0.15, -0.1) is 0 Å². The van der Waals surface area contributed by atoms with Crippen molar-refractivity contribution in [2.75, 3.05) is 14.2 Å². The molecule has 0 fully saturated rings. The first-order valence-electron chi connectivity index (χ1n) is 8.62. The van der Waals surface area contributed by atoms with Gasteiger partial charge in [0.2, 0.25) is 0 Å². The average molecular weight is 332 g/mol. The number of methoxy groups -OCH3 is 2. The van der Waals surface area contributed by atoms with Crippen LogP contribution in [-0.2, 0) is 6.42 Å². The maximum absolute atomic E-state index is 5.30. The Bertz CT molecular complexity index is 714. The molecule has 0 aliphatic rings. The minimum absolute atomic E-state index is 0.344. The average Bonchev–Trinajstić information content (AvgIpc) is 2.70. The summed E-state index contributed by atoms with van der Waals surface area (Å²) in [7, 11) is 3.40. The maximum Gasteiger partial charge on any atom is 0.118 e. The fourth-order valence-electron chi connectivity index (χ4n) is 3.15. The van der Waals surface area contributed by atoms with E-state index in [-0.39, 0.29) is 0 Å². The van der Waals surface area contributed by atoms with Gasteiger partial charge in [-0.3, -0.25) is 0 Å². The fourth-order valence-corrected chi connectivity index (χ4v) is 3.15. The van der Waals surface area contributed by atoms with Crippen molar-refractivity contribution in [3.05, 3.63) is 95.6 Å². The van der Waals surface area contributed by atoms with Gasteiger partial charge in [0.15, 0.2) is 0 Å². The molecule has 3 aromatic carbocycles. The molecule has 0 saturated carbocycles. The van der Waals surface area contributed by atoms with Crippen molar-refractivity contribution < 1.29 is 9.47 Å². The maximum atomic E-state index is 5.30. The highest BCUT2D eigenvalue weighted by Crippen LogP contribution is 2.31. The lowest BCUT2D eigenvalue weighted by atomic mass is 9.86. The highest BCUT2D eigenvalue weighted by atomic mass is 16.5. The van der Waals surface area contributed by atoms with E-state index >= 15 is 0 Å². The van der Waals surface area contributed by atoms with E-state index in [1.807, 2.05) is 24.3 Å². The number of hydrogen-bond donors (Lipinski definition) is 0. The number of benzene rings is 3. The van der Waals surface area contributed by atoms with E-state index in [9.17, 15) is 0 Å². The molecule has 0 unspecified atom stereocenters. The third-order valence-electron chi connectivity index (χ3n) is 4.60. The van der Waals surface area contributed by atoms with Crippen molar-refractivity contribution in [2.24, 2.45) is 0 Å². The quantitative estimate of drug-likeness (QED) is 0.571. The zero-order valence-corrected chi connectivity index (χ0v) is 14.8. The predicted molar refractivity (Wildman–Crippen MR) is 103 cm³/mol. The lowest BCUT2D eigenvalue weighted by molar-refractivity contribution is 0.414. The SMILES string of the molecule is COc1ccc(C(CCc2ccccc2)c2ccc(OC)cc2)cc1. The van der Waals surface area contributed by atoms with Crippen molar-refractivity contribution in [3.8, 4) is 11.5 Å². The van der Waals surface area contributed by atoms with Crippen LogP contribution < -0.4 is 9.47 Å². The topological polar surface area (TPSA) is 18.5 Å². The molecule has 0 aliphatic heterocycles. The van der Waals surface area contributed by atoms with E-state index in [0.717, 1.165) is 24.3 Å². The van der Waals surface area contributed by atoms with Crippen LogP contribution in [-0.4, -0.2) is 14.2 Å². The van der Waals surface area contributed by atoms with Crippen LogP contribution in [0.15, 0.2) is 78.9 Å². The molecule has 0 aromatic heterocycles. The molecule has 0 spiro atoms. The Labute approximate surface area is 150 Å². The van der Waals surface area contributed by atoms with Crippen molar-refractivity contribution >= 4 is 0 Å². The standard InChI is InChI=1S/C23H24O2/c1-24-21-13-9-19(10-14-21)23(17-8-18-6-4-3-5-7-18)20-11-15-22(25-2)16-12-20/h3-7,9-16,23H,8,17H2,1-2H3. The first-order chi connectivity index (χ1) is 12.3. The van der Waals surface area contributed by atoms with Crippen LogP contribution in [0.2, 0.25) is 0 Å². The minimum atomic E-state index is 0.344. The summed E-state index contributed by atoms with van der Waals surface area (Å²) >= 11 is 0. The van der Waals surface area contributed by atoms with Gasteiger partial charge < -0.3 is 9.47 Å². The minimum Gasteiger partial charge on any atom is -0.497 e. The van der Waals surface area contributed by atoms with E-state index in [2.05, 4.69) is 54.6 Å². The van der Waals surface area contributed by atoms with Gasteiger partial charge in [-0.25, -0.2) is 0 Å². The van der Waals surface area contributed by atoms with Gasteiger partial charge in [-0.1, -0.05) is 54.6 Å². The van der Waals surface area contributed by atoms with E-state index < -0.39 is 0 Å². The highest BCUT2D eigenvalue weighted by Gasteiger charge is 2.15. The third-order valence-corrected chi connectivity index (χ3v) is 4.60. The summed E-state index contributed by atoms with van der Waals surface area (Å²) in [6, 6.07) is 27.5. The molecule has 0 N–H and O–H groups in total. The molecule has 0 atom stereocenters. The number of ether oxygens (including phenoxy) is 2. The van der Waals surface area contributed by atoms with Crippen LogP contribution in [0, 0.1) is 0 Å². The first-order valence-corrected chi connectivity index (χ1v) is 8.62. The molecule has 0 radical (unpaired) electrons. The normalized spacial score (nSPS) is 10.7. The van der Waals surface area contributed by atoms with E-state index in [1.165, 1.54) is 16.7 Å². The second-order valence-electron chi connectivity index (χ2n) is 6.12. The van der Waals surface area contributed by atoms with Crippen molar-refractivity contribution in [1.82, 2.24) is 0 Å². The molecular formula is C23H24O2. The fraction of sp³-hybridized carbons (Fsp3) is 0.217. The zero-order valence-electron chi connectivity index (χ0n) is 14.8. The van der Waals surface area contributed by atoms with E-state index in [4.69, 9.17) is 9.47 Å². The summed E-state index contributed by atoms with van der Waals surface area (Å²) in [5.74, 6) is 2.12. The van der Waals surface area contributed by atoms with Crippen molar-refractivity contribution in [1.29, 1.82) is 0 Å². The monoisotopic (exact) mass is 332 g/mol. The van der Waals surface area contributed by atoms with Crippen LogP contribution in [0.1, 0.15) is 29.0 Å². The second kappa shape index (κ2) is 8.39. The summed E-state index contributed by atoms with van der Waals surface area (Å²) in [4.78, 5) is 0. The Hall–Kier alpha value is -2.74. The summed E-state index contributed by atoms with van der Waals surface area (Å²) < 4.78 is 10.6. The molecule has 3 aromatic rings. The lowest BCUT2D eigenvalue weighted by Crippen LogP contribution is -2.03. The van der Waals surface area contributed by atoms with Gasteiger partial charge in [-0.05, 0) is 53.8 Å². The van der Waals surface area contributed by atoms with Gasteiger partial charge in [0.25, 0.3) is 0 Å². The molecule has 0 saturated heterocycles. The van der Waals surface area contributed by atoms with E-state index in [1.54, 1.807) is 14.2 Å². The van der Waals surface area contributed by atoms with Crippen LogP contribution in [0.4, 0.5) is 0 Å². The highest BCUT2D eigenvalue weighted by molar-refractivity contribution is 5.38. The summed E-state index contributed by atoms with van der Waals surface area (Å²) in [6.45, 7) is 0. The van der Waals surface area contributed by atoms with Gasteiger partial charge >= 0.3 is 0 Å². The Morgan fingerprint density at radius 1 is 0.640 bits per heavy atom. The molecule has 0 amide bonds. The van der Waals surface area contributed by atoms with Gasteiger partial charge in [-0.2, -0.15) is 0 Å². The van der Waals surface area contributed by atoms with Crippen molar-refractivity contribution in [3.63, 3.8) is 0 Å². The summed E-state index contributed by atoms with van der Waals surface area (Å²) in [6.07, 6.45) is 2.10. The van der Waals surface area contributed by atoms with Crippen molar-refractivity contribution in [2.45, 2.75) is 18.8 Å². The molecule has 0 heterocycles. The van der Waals surface area contributed by atoms with Crippen LogP contribution in [0.3, 0.4) is 0 Å². The third kappa shape index (κ3) is 4.42. The Balaban J connectivity index is 1.86. The first kappa shape index (κ1) is 17.1. The second-order valence-corrected chi connectivity index (χ2v) is 6.12. The van der Waals surface area contributed by atoms with E-state index in [0.29, 0.717) is 5.92 Å². The zero-order chi connectivity index (χ0) is 17.5. The molecule has 2 heteroatoms. The summed E-state index contributed by atoms with van der Waals surface area (Å²) in [5.41, 5.74) is 3.98. The van der Waals surface area contributed by atoms with Gasteiger partial charge in [0.05, 0.1) is 14.2 Å².